The van der Waals surface area contributed by atoms with Crippen molar-refractivity contribution in [2.24, 2.45) is 5.92 Å². The minimum Gasteiger partial charge on any atom is -0.454 e. The van der Waals surface area contributed by atoms with Gasteiger partial charge < -0.3 is 29.2 Å². The summed E-state index contributed by atoms with van der Waals surface area (Å²) in [5.74, 6) is 2.51. The lowest BCUT2D eigenvalue weighted by Crippen LogP contribution is -2.47. The number of piperazine rings is 1. The summed E-state index contributed by atoms with van der Waals surface area (Å²) in [4.78, 5) is 17.2. The maximum absolute atomic E-state index is 12.2. The highest BCUT2D eigenvalue weighted by Crippen LogP contribution is 2.41. The van der Waals surface area contributed by atoms with E-state index in [1.807, 2.05) is 12.1 Å². The molecule has 33 heavy (non-hydrogen) atoms. The molecule has 1 amide bonds. The first-order valence-corrected chi connectivity index (χ1v) is 12.7. The third-order valence-corrected chi connectivity index (χ3v) is 7.55. The molecule has 1 aliphatic carbocycles. The van der Waals surface area contributed by atoms with Crippen LogP contribution in [0.4, 0.5) is 10.5 Å². The van der Waals surface area contributed by atoms with Crippen LogP contribution >= 0.6 is 0 Å². The highest BCUT2D eigenvalue weighted by atomic mass is 16.7. The predicted molar refractivity (Wildman–Crippen MR) is 125 cm³/mol. The molecule has 8 heteroatoms. The predicted octanol–water partition coefficient (Wildman–Crippen LogP) is 3.39. The van der Waals surface area contributed by atoms with Crippen molar-refractivity contribution < 1.29 is 23.7 Å². The van der Waals surface area contributed by atoms with Crippen molar-refractivity contribution in [2.75, 3.05) is 57.6 Å². The van der Waals surface area contributed by atoms with Gasteiger partial charge in [0.1, 0.15) is 6.10 Å². The Bertz CT molecular complexity index is 784. The largest absolute Gasteiger partial charge is 0.454 e. The summed E-state index contributed by atoms with van der Waals surface area (Å²) in [7, 11) is 0. The number of fused-ring (bicyclic) bond motifs is 1. The zero-order valence-corrected chi connectivity index (χ0v) is 19.5. The van der Waals surface area contributed by atoms with Gasteiger partial charge >= 0.3 is 6.09 Å². The molecule has 3 heterocycles. The van der Waals surface area contributed by atoms with E-state index in [0.29, 0.717) is 20.0 Å². The average molecular weight is 460 g/mol. The zero-order chi connectivity index (χ0) is 22.5. The van der Waals surface area contributed by atoms with Gasteiger partial charge in [-0.1, -0.05) is 6.07 Å². The summed E-state index contributed by atoms with van der Waals surface area (Å²) in [5.41, 5.74) is 1.16. The van der Waals surface area contributed by atoms with Gasteiger partial charge in [-0.05, 0) is 56.7 Å². The number of hydrogen-bond acceptors (Lipinski definition) is 7. The monoisotopic (exact) mass is 459 g/mol. The summed E-state index contributed by atoms with van der Waals surface area (Å²) in [5, 5.41) is 3.09. The Kier molecular flexibility index (Phi) is 7.41. The van der Waals surface area contributed by atoms with Gasteiger partial charge in [-0.25, -0.2) is 4.79 Å². The van der Waals surface area contributed by atoms with Crippen LogP contribution in [-0.2, 0) is 9.47 Å². The van der Waals surface area contributed by atoms with Crippen molar-refractivity contribution in [2.45, 2.75) is 57.1 Å². The lowest BCUT2D eigenvalue weighted by atomic mass is 9.84. The number of benzene rings is 1. The molecular formula is C25H37N3O5. The van der Waals surface area contributed by atoms with Crippen molar-refractivity contribution in [1.29, 1.82) is 0 Å². The van der Waals surface area contributed by atoms with Gasteiger partial charge in [-0.3, -0.25) is 4.90 Å². The summed E-state index contributed by atoms with van der Waals surface area (Å²) in [6.45, 7) is 7.07. The fourth-order valence-electron chi connectivity index (χ4n) is 5.48. The SMILES string of the molecule is O=C(NC1CCC(CCN2CCN(c3cccc4c3OCO4)CC2)CC1)OC1CCOCC1. The smallest absolute Gasteiger partial charge is 0.407 e. The van der Waals surface area contributed by atoms with E-state index < -0.39 is 0 Å². The molecule has 0 radical (unpaired) electrons. The number of carbonyl (C=O) groups excluding carboxylic acids is 1. The van der Waals surface area contributed by atoms with E-state index in [1.165, 1.54) is 19.3 Å². The maximum atomic E-state index is 12.2. The van der Waals surface area contributed by atoms with Crippen molar-refractivity contribution in [1.82, 2.24) is 10.2 Å². The van der Waals surface area contributed by atoms with Crippen LogP contribution in [0.5, 0.6) is 11.5 Å². The van der Waals surface area contributed by atoms with Crippen molar-refractivity contribution in [3.63, 3.8) is 0 Å². The third-order valence-electron chi connectivity index (χ3n) is 7.55. The number of nitrogens with zero attached hydrogens (tertiary/aromatic N) is 2. The lowest BCUT2D eigenvalue weighted by molar-refractivity contribution is 0.000273. The van der Waals surface area contributed by atoms with E-state index in [-0.39, 0.29) is 18.2 Å². The first-order valence-electron chi connectivity index (χ1n) is 12.7. The molecular weight excluding hydrogens is 422 g/mol. The molecule has 2 saturated heterocycles. The molecule has 1 saturated carbocycles. The molecule has 0 aromatic heterocycles. The average Bonchev–Trinajstić information content (AvgIpc) is 3.34. The van der Waals surface area contributed by atoms with Gasteiger partial charge in [0.25, 0.3) is 0 Å². The third kappa shape index (κ3) is 5.84. The Morgan fingerprint density at radius 3 is 2.58 bits per heavy atom. The van der Waals surface area contributed by atoms with E-state index in [9.17, 15) is 4.79 Å². The van der Waals surface area contributed by atoms with Crippen LogP contribution < -0.4 is 19.7 Å². The Balaban J connectivity index is 0.980. The second-order valence-corrected chi connectivity index (χ2v) is 9.71. The first kappa shape index (κ1) is 22.6. The van der Waals surface area contributed by atoms with Crippen LogP contribution in [0, 0.1) is 5.92 Å². The number of para-hydroxylation sites is 1. The molecule has 4 aliphatic rings. The topological polar surface area (TPSA) is 72.5 Å². The van der Waals surface area contributed by atoms with E-state index in [0.717, 1.165) is 81.5 Å². The van der Waals surface area contributed by atoms with Gasteiger partial charge in [-0.15, -0.1) is 0 Å². The summed E-state index contributed by atoms with van der Waals surface area (Å²) < 4.78 is 22.1. The Morgan fingerprint density at radius 2 is 1.79 bits per heavy atom. The lowest BCUT2D eigenvalue weighted by Gasteiger charge is -2.37. The molecule has 0 atom stereocenters. The molecule has 1 aromatic rings. The van der Waals surface area contributed by atoms with E-state index in [1.54, 1.807) is 0 Å². The number of amides is 1. The van der Waals surface area contributed by atoms with Crippen LogP contribution in [0.2, 0.25) is 0 Å². The highest BCUT2D eigenvalue weighted by molar-refractivity contribution is 5.68. The Morgan fingerprint density at radius 1 is 1.00 bits per heavy atom. The standard InChI is InChI=1S/C25H37N3O5/c29-25(33-21-9-16-30-17-10-21)26-20-6-4-19(5-7-20)8-11-27-12-14-28(15-13-27)22-2-1-3-23-24(22)32-18-31-23/h1-3,19-21H,4-18H2,(H,26,29). The fourth-order valence-corrected chi connectivity index (χ4v) is 5.48. The van der Waals surface area contributed by atoms with Crippen molar-refractivity contribution >= 4 is 11.8 Å². The molecule has 0 bridgehead atoms. The number of carbonyl (C=O) groups is 1. The number of rotatable bonds is 6. The van der Waals surface area contributed by atoms with Gasteiger partial charge in [0.15, 0.2) is 11.5 Å². The molecule has 1 N–H and O–H groups in total. The van der Waals surface area contributed by atoms with Gasteiger partial charge in [0.2, 0.25) is 6.79 Å². The highest BCUT2D eigenvalue weighted by Gasteiger charge is 2.27. The normalized spacial score (nSPS) is 26.2. The van der Waals surface area contributed by atoms with Gasteiger partial charge in [0.05, 0.1) is 18.9 Å². The molecule has 5 rings (SSSR count). The zero-order valence-electron chi connectivity index (χ0n) is 19.5. The van der Waals surface area contributed by atoms with Crippen molar-refractivity contribution in [3.05, 3.63) is 18.2 Å². The second kappa shape index (κ2) is 10.8. The van der Waals surface area contributed by atoms with Crippen LogP contribution in [0.3, 0.4) is 0 Å². The molecule has 0 unspecified atom stereocenters. The Labute approximate surface area is 196 Å². The molecule has 1 aromatic carbocycles. The van der Waals surface area contributed by atoms with Crippen molar-refractivity contribution in [3.8, 4) is 11.5 Å². The number of anilines is 1. The summed E-state index contributed by atoms with van der Waals surface area (Å²) >= 11 is 0. The van der Waals surface area contributed by atoms with Gasteiger partial charge in [-0.2, -0.15) is 0 Å². The van der Waals surface area contributed by atoms with E-state index >= 15 is 0 Å². The number of nitrogens with one attached hydrogen (secondary N) is 1. The van der Waals surface area contributed by atoms with Crippen LogP contribution in [0.15, 0.2) is 18.2 Å². The minimum absolute atomic E-state index is 0.0132. The molecule has 0 spiro atoms. The fraction of sp³-hybridized carbons (Fsp3) is 0.720. The molecule has 182 valence electrons. The summed E-state index contributed by atoms with van der Waals surface area (Å²) in [6.07, 6.45) is 7.13. The number of alkyl carbamates (subject to hydrolysis) is 1. The minimum atomic E-state index is -0.246. The van der Waals surface area contributed by atoms with E-state index in [4.69, 9.17) is 18.9 Å². The number of ether oxygens (including phenoxy) is 4. The van der Waals surface area contributed by atoms with Crippen LogP contribution in [0.1, 0.15) is 44.9 Å². The second-order valence-electron chi connectivity index (χ2n) is 9.71. The first-order chi connectivity index (χ1) is 16.2. The molecule has 3 fully saturated rings. The number of hydrogen-bond donors (Lipinski definition) is 1. The summed E-state index contributed by atoms with van der Waals surface area (Å²) in [6, 6.07) is 6.41. The quantitative estimate of drug-likeness (QED) is 0.699. The van der Waals surface area contributed by atoms with Gasteiger partial charge in [0, 0.05) is 45.1 Å². The molecule has 3 aliphatic heterocycles. The van der Waals surface area contributed by atoms with Crippen LogP contribution in [0.25, 0.3) is 0 Å². The Hall–Kier alpha value is -2.19. The van der Waals surface area contributed by atoms with E-state index in [2.05, 4.69) is 21.2 Å². The molecule has 8 nitrogen and oxygen atoms in total. The maximum Gasteiger partial charge on any atom is 0.407 e. The van der Waals surface area contributed by atoms with Crippen LogP contribution in [-0.4, -0.2) is 75.9 Å².